The molecule has 116 valence electrons. The summed E-state index contributed by atoms with van der Waals surface area (Å²) in [6.07, 6.45) is 4.83. The van der Waals surface area contributed by atoms with Crippen molar-refractivity contribution in [3.05, 3.63) is 47.3 Å². The van der Waals surface area contributed by atoms with Crippen LogP contribution in [-0.4, -0.2) is 35.2 Å². The molecule has 0 radical (unpaired) electrons. The molecule has 1 unspecified atom stereocenters. The summed E-state index contributed by atoms with van der Waals surface area (Å²) in [5.74, 6) is 0.718. The minimum absolute atomic E-state index is 0.0827. The molecule has 1 amide bonds. The van der Waals surface area contributed by atoms with Gasteiger partial charge in [0.25, 0.3) is 0 Å². The maximum Gasteiger partial charge on any atom is 0.247 e. The van der Waals surface area contributed by atoms with Crippen LogP contribution in [0.1, 0.15) is 23.1 Å². The Balaban J connectivity index is 1.88. The molecule has 1 aromatic heterocycles. The molecule has 0 fully saturated rings. The SMILES string of the molecule is COc1cccc2c1CCC2(N)C(=O)N(C)Cc1cn[nH]c1. The lowest BCUT2D eigenvalue weighted by Crippen LogP contribution is -2.50. The molecule has 0 saturated heterocycles. The highest BCUT2D eigenvalue weighted by Gasteiger charge is 2.44. The van der Waals surface area contributed by atoms with Crippen LogP contribution >= 0.6 is 0 Å². The summed E-state index contributed by atoms with van der Waals surface area (Å²) < 4.78 is 5.38. The summed E-state index contributed by atoms with van der Waals surface area (Å²) in [6.45, 7) is 0.480. The van der Waals surface area contributed by atoms with Gasteiger partial charge < -0.3 is 15.4 Å². The van der Waals surface area contributed by atoms with Crippen molar-refractivity contribution < 1.29 is 9.53 Å². The van der Waals surface area contributed by atoms with Crippen LogP contribution in [0.15, 0.2) is 30.6 Å². The summed E-state index contributed by atoms with van der Waals surface area (Å²) in [5, 5.41) is 6.65. The van der Waals surface area contributed by atoms with E-state index in [1.165, 1.54) is 0 Å². The van der Waals surface area contributed by atoms with E-state index in [0.29, 0.717) is 13.0 Å². The fourth-order valence-corrected chi connectivity index (χ4v) is 3.16. The highest BCUT2D eigenvalue weighted by atomic mass is 16.5. The van der Waals surface area contributed by atoms with Gasteiger partial charge in [-0.1, -0.05) is 12.1 Å². The van der Waals surface area contributed by atoms with Gasteiger partial charge in [-0.2, -0.15) is 5.10 Å². The van der Waals surface area contributed by atoms with Crippen molar-refractivity contribution in [1.29, 1.82) is 0 Å². The number of H-pyrrole nitrogens is 1. The van der Waals surface area contributed by atoms with Crippen LogP contribution in [0.5, 0.6) is 5.75 Å². The summed E-state index contributed by atoms with van der Waals surface area (Å²) >= 11 is 0. The molecule has 1 aromatic carbocycles. The number of amides is 1. The van der Waals surface area contributed by atoms with Crippen LogP contribution in [0.25, 0.3) is 0 Å². The molecule has 1 atom stereocenters. The first-order chi connectivity index (χ1) is 10.6. The van der Waals surface area contributed by atoms with Crippen LogP contribution in [0.4, 0.5) is 0 Å². The topological polar surface area (TPSA) is 84.2 Å². The lowest BCUT2D eigenvalue weighted by atomic mass is 9.91. The van der Waals surface area contributed by atoms with Crippen LogP contribution in [0, 0.1) is 0 Å². The average Bonchev–Trinajstić information content (AvgIpc) is 3.15. The second-order valence-electron chi connectivity index (χ2n) is 5.73. The lowest BCUT2D eigenvalue weighted by molar-refractivity contribution is -0.136. The third kappa shape index (κ3) is 2.25. The maximum absolute atomic E-state index is 12.9. The van der Waals surface area contributed by atoms with Gasteiger partial charge in [0.05, 0.1) is 13.3 Å². The number of rotatable bonds is 4. The molecule has 6 heteroatoms. The van der Waals surface area contributed by atoms with Gasteiger partial charge in [0.15, 0.2) is 0 Å². The Labute approximate surface area is 129 Å². The van der Waals surface area contributed by atoms with E-state index in [2.05, 4.69) is 10.2 Å². The van der Waals surface area contributed by atoms with Crippen LogP contribution in [-0.2, 0) is 23.3 Å². The Bertz CT molecular complexity index is 683. The molecular weight excluding hydrogens is 280 g/mol. The zero-order valence-electron chi connectivity index (χ0n) is 12.8. The van der Waals surface area contributed by atoms with Gasteiger partial charge in [0.2, 0.25) is 5.91 Å². The number of aromatic nitrogens is 2. The van der Waals surface area contributed by atoms with Gasteiger partial charge >= 0.3 is 0 Å². The first-order valence-electron chi connectivity index (χ1n) is 7.24. The van der Waals surface area contributed by atoms with Crippen LogP contribution in [0.2, 0.25) is 0 Å². The number of nitrogens with one attached hydrogen (secondary N) is 1. The highest BCUT2D eigenvalue weighted by Crippen LogP contribution is 2.40. The Hall–Kier alpha value is -2.34. The molecule has 0 spiro atoms. The number of hydrogen-bond acceptors (Lipinski definition) is 4. The molecule has 6 nitrogen and oxygen atoms in total. The summed E-state index contributed by atoms with van der Waals surface area (Å²) in [7, 11) is 3.40. The van der Waals surface area contributed by atoms with E-state index in [4.69, 9.17) is 10.5 Å². The number of fused-ring (bicyclic) bond motifs is 1. The third-order valence-corrected chi connectivity index (χ3v) is 4.31. The van der Waals surface area contributed by atoms with Gasteiger partial charge in [-0.25, -0.2) is 0 Å². The van der Waals surface area contributed by atoms with Crippen molar-refractivity contribution >= 4 is 5.91 Å². The number of ether oxygens (including phenoxy) is 1. The third-order valence-electron chi connectivity index (χ3n) is 4.31. The molecule has 0 aliphatic heterocycles. The number of carbonyl (C=O) groups is 1. The summed E-state index contributed by atoms with van der Waals surface area (Å²) in [5.41, 5.74) is 8.37. The number of aromatic amines is 1. The predicted octanol–water partition coefficient (Wildman–Crippen LogP) is 1.18. The first kappa shape index (κ1) is 14.6. The average molecular weight is 300 g/mol. The van der Waals surface area contributed by atoms with Crippen LogP contribution < -0.4 is 10.5 Å². The minimum atomic E-state index is -0.984. The summed E-state index contributed by atoms with van der Waals surface area (Å²) in [6, 6.07) is 5.71. The van der Waals surface area contributed by atoms with E-state index >= 15 is 0 Å². The first-order valence-corrected chi connectivity index (χ1v) is 7.24. The second kappa shape index (κ2) is 5.46. The predicted molar refractivity (Wildman–Crippen MR) is 82.2 cm³/mol. The highest BCUT2D eigenvalue weighted by molar-refractivity contribution is 5.89. The number of nitrogens with zero attached hydrogens (tertiary/aromatic N) is 2. The number of hydrogen-bond donors (Lipinski definition) is 2. The van der Waals surface area contributed by atoms with Gasteiger partial charge in [-0.05, 0) is 30.0 Å². The fourth-order valence-electron chi connectivity index (χ4n) is 3.16. The number of carbonyl (C=O) groups excluding carboxylic acids is 1. The Morgan fingerprint density at radius 1 is 1.55 bits per heavy atom. The van der Waals surface area contributed by atoms with Gasteiger partial charge in [-0.15, -0.1) is 0 Å². The number of nitrogens with two attached hydrogens (primary N) is 1. The van der Waals surface area contributed by atoms with Crippen molar-refractivity contribution in [2.45, 2.75) is 24.9 Å². The van der Waals surface area contributed by atoms with E-state index in [1.807, 2.05) is 18.2 Å². The number of benzene rings is 1. The van der Waals surface area contributed by atoms with Gasteiger partial charge in [-0.3, -0.25) is 9.89 Å². The van der Waals surface area contributed by atoms with Crippen molar-refractivity contribution in [1.82, 2.24) is 15.1 Å². The zero-order chi connectivity index (χ0) is 15.7. The molecule has 1 heterocycles. The molecule has 1 aliphatic rings. The van der Waals surface area contributed by atoms with Gasteiger partial charge in [0, 0.05) is 25.4 Å². The van der Waals surface area contributed by atoms with Crippen LogP contribution in [0.3, 0.4) is 0 Å². The number of methoxy groups -OCH3 is 1. The van der Waals surface area contributed by atoms with E-state index in [0.717, 1.165) is 28.9 Å². The Morgan fingerprint density at radius 3 is 3.05 bits per heavy atom. The summed E-state index contributed by atoms with van der Waals surface area (Å²) in [4.78, 5) is 14.5. The minimum Gasteiger partial charge on any atom is -0.496 e. The zero-order valence-corrected chi connectivity index (χ0v) is 12.8. The lowest BCUT2D eigenvalue weighted by Gasteiger charge is -2.29. The maximum atomic E-state index is 12.9. The van der Waals surface area contributed by atoms with Gasteiger partial charge in [0.1, 0.15) is 11.3 Å². The van der Waals surface area contributed by atoms with Crippen molar-refractivity contribution in [2.24, 2.45) is 5.73 Å². The molecule has 0 bridgehead atoms. The monoisotopic (exact) mass is 300 g/mol. The number of likely N-dealkylation sites (N-methyl/N-ethyl adjacent to an activating group) is 1. The molecule has 22 heavy (non-hydrogen) atoms. The quantitative estimate of drug-likeness (QED) is 0.888. The van der Waals surface area contributed by atoms with Crippen molar-refractivity contribution in [3.63, 3.8) is 0 Å². The normalized spacial score (nSPS) is 19.8. The van der Waals surface area contributed by atoms with Crippen molar-refractivity contribution in [2.75, 3.05) is 14.2 Å². The van der Waals surface area contributed by atoms with E-state index in [9.17, 15) is 4.79 Å². The Kier molecular flexibility index (Phi) is 3.62. The fraction of sp³-hybridized carbons (Fsp3) is 0.375. The van der Waals surface area contributed by atoms with Crippen molar-refractivity contribution in [3.8, 4) is 5.75 Å². The molecule has 3 rings (SSSR count). The smallest absolute Gasteiger partial charge is 0.247 e. The Morgan fingerprint density at radius 2 is 2.36 bits per heavy atom. The molecule has 0 saturated carbocycles. The largest absolute Gasteiger partial charge is 0.496 e. The van der Waals surface area contributed by atoms with E-state index in [-0.39, 0.29) is 5.91 Å². The molecular formula is C16H20N4O2. The molecule has 1 aliphatic carbocycles. The second-order valence-corrected chi connectivity index (χ2v) is 5.73. The molecule has 3 N–H and O–H groups in total. The molecule has 2 aromatic rings. The standard InChI is InChI=1S/C16H20N4O2/c1-20(10-11-8-18-19-9-11)15(21)16(17)7-6-12-13(16)4-3-5-14(12)22-2/h3-5,8-9H,6-7,10,17H2,1-2H3,(H,18,19). The van der Waals surface area contributed by atoms with E-state index < -0.39 is 5.54 Å². The van der Waals surface area contributed by atoms with E-state index in [1.54, 1.807) is 31.5 Å².